The second-order valence-electron chi connectivity index (χ2n) is 8.41. The van der Waals surface area contributed by atoms with E-state index in [1.807, 2.05) is 42.5 Å². The molecule has 34 heavy (non-hydrogen) atoms. The van der Waals surface area contributed by atoms with Gasteiger partial charge in [0.15, 0.2) is 5.78 Å². The van der Waals surface area contributed by atoms with Crippen LogP contribution in [0.15, 0.2) is 95.7 Å². The molecule has 1 heterocycles. The molecule has 0 saturated heterocycles. The van der Waals surface area contributed by atoms with Crippen molar-refractivity contribution in [3.8, 4) is 0 Å². The van der Waals surface area contributed by atoms with Crippen LogP contribution in [0.25, 0.3) is 5.76 Å². The maximum atomic E-state index is 13.4. The van der Waals surface area contributed by atoms with Crippen LogP contribution in [0, 0.1) is 5.41 Å². The Bertz CT molecular complexity index is 1340. The summed E-state index contributed by atoms with van der Waals surface area (Å²) in [5.74, 6) is -0.457. The Hall–Kier alpha value is -3.34. The van der Waals surface area contributed by atoms with Gasteiger partial charge in [-0.05, 0) is 48.7 Å². The van der Waals surface area contributed by atoms with E-state index >= 15 is 0 Å². The van der Waals surface area contributed by atoms with Crippen molar-refractivity contribution in [1.82, 2.24) is 0 Å². The standard InChI is InChI=1S/C28H22Cl2N2O2/c29-19-14-12-17(13-15-19)24-25-22(10-5-11-23(25)33)32(21-9-4-8-20(30)16-21)28(31)26(24)27(34)18-6-2-1-3-7-18/h1-4,6-9,12-16,24,31,34H,5,10-11H2. The fourth-order valence-corrected chi connectivity index (χ4v) is 5.14. The number of nitrogens with zero attached hydrogens (tertiary/aromatic N) is 1. The van der Waals surface area contributed by atoms with Gasteiger partial charge in [0, 0.05) is 50.5 Å². The average molecular weight is 489 g/mol. The number of aliphatic hydroxyl groups is 1. The summed E-state index contributed by atoms with van der Waals surface area (Å²) in [6.45, 7) is 0. The first-order valence-electron chi connectivity index (χ1n) is 11.1. The number of amidine groups is 1. The molecule has 2 aliphatic rings. The molecule has 1 aliphatic heterocycles. The zero-order valence-electron chi connectivity index (χ0n) is 18.3. The molecule has 1 unspecified atom stereocenters. The third kappa shape index (κ3) is 3.93. The first kappa shape index (κ1) is 22.5. The van der Waals surface area contributed by atoms with Gasteiger partial charge < -0.3 is 5.11 Å². The van der Waals surface area contributed by atoms with Gasteiger partial charge in [-0.2, -0.15) is 0 Å². The molecule has 1 aliphatic carbocycles. The molecule has 2 N–H and O–H groups in total. The van der Waals surface area contributed by atoms with Gasteiger partial charge in [-0.3, -0.25) is 15.1 Å². The van der Waals surface area contributed by atoms with E-state index in [-0.39, 0.29) is 17.4 Å². The van der Waals surface area contributed by atoms with Crippen molar-refractivity contribution in [2.45, 2.75) is 25.2 Å². The first-order chi connectivity index (χ1) is 16.5. The summed E-state index contributed by atoms with van der Waals surface area (Å²) >= 11 is 12.5. The minimum Gasteiger partial charge on any atom is -0.507 e. The van der Waals surface area contributed by atoms with Gasteiger partial charge in [0.2, 0.25) is 0 Å². The van der Waals surface area contributed by atoms with Crippen LogP contribution in [0.5, 0.6) is 0 Å². The van der Waals surface area contributed by atoms with Crippen molar-refractivity contribution in [1.29, 1.82) is 5.41 Å². The number of carbonyl (C=O) groups excluding carboxylic acids is 1. The molecule has 0 spiro atoms. The predicted molar refractivity (Wildman–Crippen MR) is 138 cm³/mol. The first-order valence-corrected chi connectivity index (χ1v) is 11.9. The Kier molecular flexibility index (Phi) is 6.03. The summed E-state index contributed by atoms with van der Waals surface area (Å²) in [5.41, 5.74) is 3.85. The summed E-state index contributed by atoms with van der Waals surface area (Å²) in [6.07, 6.45) is 1.79. The lowest BCUT2D eigenvalue weighted by molar-refractivity contribution is -0.116. The average Bonchev–Trinajstić information content (AvgIpc) is 2.84. The lowest BCUT2D eigenvalue weighted by Crippen LogP contribution is -2.42. The number of Topliss-reactive ketones (excluding diaryl/α,β-unsaturated/α-hetero) is 1. The quantitative estimate of drug-likeness (QED) is 0.374. The number of aliphatic hydroxyl groups excluding tert-OH is 1. The molecule has 0 aromatic heterocycles. The van der Waals surface area contributed by atoms with Crippen LogP contribution < -0.4 is 4.90 Å². The third-order valence-electron chi connectivity index (χ3n) is 6.33. The highest BCUT2D eigenvalue weighted by molar-refractivity contribution is 6.31. The molecule has 6 heteroatoms. The van der Waals surface area contributed by atoms with Crippen LogP contribution in [0.1, 0.15) is 36.3 Å². The van der Waals surface area contributed by atoms with Crippen LogP contribution in [0.3, 0.4) is 0 Å². The lowest BCUT2D eigenvalue weighted by Gasteiger charge is -2.41. The number of nitrogens with one attached hydrogen (secondary N) is 1. The van der Waals surface area contributed by atoms with Crippen LogP contribution >= 0.6 is 23.2 Å². The number of carbonyl (C=O) groups is 1. The number of benzene rings is 3. The zero-order valence-corrected chi connectivity index (χ0v) is 19.8. The van der Waals surface area contributed by atoms with Crippen molar-refractivity contribution >= 4 is 46.3 Å². The molecule has 5 rings (SSSR count). The second kappa shape index (κ2) is 9.13. The molecule has 0 fully saturated rings. The van der Waals surface area contributed by atoms with Crippen LogP contribution in [0.4, 0.5) is 5.69 Å². The van der Waals surface area contributed by atoms with Crippen molar-refractivity contribution in [2.75, 3.05) is 4.90 Å². The topological polar surface area (TPSA) is 64.4 Å². The van der Waals surface area contributed by atoms with E-state index in [4.69, 9.17) is 23.2 Å². The van der Waals surface area contributed by atoms with E-state index in [2.05, 4.69) is 0 Å². The molecule has 0 saturated carbocycles. The van der Waals surface area contributed by atoms with E-state index in [1.54, 1.807) is 41.3 Å². The highest BCUT2D eigenvalue weighted by Crippen LogP contribution is 2.48. The number of anilines is 1. The SMILES string of the molecule is N=C1C(=C(O)c2ccccc2)C(c2ccc(Cl)cc2)C2=C(CCCC2=O)N1c1cccc(Cl)c1. The smallest absolute Gasteiger partial charge is 0.161 e. The van der Waals surface area contributed by atoms with Gasteiger partial charge in [-0.25, -0.2) is 0 Å². The minimum absolute atomic E-state index is 0.0255. The number of allylic oxidation sites excluding steroid dienone is 2. The summed E-state index contributed by atoms with van der Waals surface area (Å²) in [4.78, 5) is 15.2. The molecular weight excluding hydrogens is 467 g/mol. The Morgan fingerprint density at radius 2 is 1.65 bits per heavy atom. The summed E-state index contributed by atoms with van der Waals surface area (Å²) in [6, 6.07) is 23.6. The monoisotopic (exact) mass is 488 g/mol. The fraction of sp³-hybridized carbons (Fsp3) is 0.143. The number of rotatable bonds is 3. The molecule has 170 valence electrons. The highest BCUT2D eigenvalue weighted by Gasteiger charge is 2.43. The second-order valence-corrected chi connectivity index (χ2v) is 9.29. The van der Waals surface area contributed by atoms with Crippen molar-refractivity contribution in [2.24, 2.45) is 0 Å². The zero-order chi connectivity index (χ0) is 23.8. The molecule has 0 amide bonds. The highest BCUT2D eigenvalue weighted by atomic mass is 35.5. The molecular formula is C28H22Cl2N2O2. The van der Waals surface area contributed by atoms with Gasteiger partial charge in [-0.15, -0.1) is 0 Å². The van der Waals surface area contributed by atoms with Crippen molar-refractivity contribution in [3.05, 3.63) is 117 Å². The summed E-state index contributed by atoms with van der Waals surface area (Å²) < 4.78 is 0. The third-order valence-corrected chi connectivity index (χ3v) is 6.81. The Morgan fingerprint density at radius 1 is 0.912 bits per heavy atom. The Labute approximate surface area is 208 Å². The maximum absolute atomic E-state index is 13.4. The van der Waals surface area contributed by atoms with E-state index in [1.165, 1.54) is 0 Å². The molecule has 4 nitrogen and oxygen atoms in total. The Balaban J connectivity index is 1.83. The number of hydrogen-bond acceptors (Lipinski definition) is 3. The van der Waals surface area contributed by atoms with Gasteiger partial charge in [0.25, 0.3) is 0 Å². The molecule has 3 aromatic carbocycles. The predicted octanol–water partition coefficient (Wildman–Crippen LogP) is 7.55. The van der Waals surface area contributed by atoms with Crippen LogP contribution in [0.2, 0.25) is 10.0 Å². The normalized spacial score (nSPS) is 19.8. The minimum atomic E-state index is -0.580. The van der Waals surface area contributed by atoms with Gasteiger partial charge in [-0.1, -0.05) is 71.7 Å². The number of ketones is 1. The lowest BCUT2D eigenvalue weighted by atomic mass is 9.73. The molecule has 1 atom stereocenters. The van der Waals surface area contributed by atoms with Gasteiger partial charge in [0.1, 0.15) is 11.6 Å². The maximum Gasteiger partial charge on any atom is 0.161 e. The van der Waals surface area contributed by atoms with Crippen molar-refractivity contribution in [3.63, 3.8) is 0 Å². The van der Waals surface area contributed by atoms with E-state index in [0.717, 1.165) is 11.3 Å². The fourth-order valence-electron chi connectivity index (χ4n) is 4.83. The molecule has 3 aromatic rings. The van der Waals surface area contributed by atoms with Crippen LogP contribution in [-0.2, 0) is 4.79 Å². The van der Waals surface area contributed by atoms with E-state index in [9.17, 15) is 15.3 Å². The van der Waals surface area contributed by atoms with E-state index in [0.29, 0.717) is 51.7 Å². The van der Waals surface area contributed by atoms with Gasteiger partial charge in [0.05, 0.1) is 0 Å². The molecule has 0 bridgehead atoms. The van der Waals surface area contributed by atoms with Crippen molar-refractivity contribution < 1.29 is 9.90 Å². The summed E-state index contributed by atoms with van der Waals surface area (Å²) in [5, 5.41) is 21.9. The van der Waals surface area contributed by atoms with Gasteiger partial charge >= 0.3 is 0 Å². The van der Waals surface area contributed by atoms with Crippen LogP contribution in [-0.4, -0.2) is 16.7 Å². The van der Waals surface area contributed by atoms with E-state index < -0.39 is 5.92 Å². The Morgan fingerprint density at radius 3 is 2.35 bits per heavy atom. The largest absolute Gasteiger partial charge is 0.507 e. The number of halogens is 2. The molecule has 0 radical (unpaired) electrons. The number of hydrogen-bond donors (Lipinski definition) is 2. The summed E-state index contributed by atoms with van der Waals surface area (Å²) in [7, 11) is 0.